The Hall–Kier alpha value is -2.06. The van der Waals surface area contributed by atoms with Crippen molar-refractivity contribution in [3.63, 3.8) is 0 Å². The van der Waals surface area contributed by atoms with Crippen LogP contribution >= 0.6 is 11.3 Å². The number of hydrogen-bond acceptors (Lipinski definition) is 7. The van der Waals surface area contributed by atoms with E-state index in [-0.39, 0.29) is 5.25 Å². The van der Waals surface area contributed by atoms with Crippen molar-refractivity contribution in [2.45, 2.75) is 24.5 Å². The minimum absolute atomic E-state index is 0.305. The minimum atomic E-state index is -3.01. The van der Waals surface area contributed by atoms with Gasteiger partial charge in [-0.2, -0.15) is 0 Å². The third-order valence-electron chi connectivity index (χ3n) is 5.22. The van der Waals surface area contributed by atoms with Gasteiger partial charge in [0.05, 0.1) is 10.6 Å². The maximum Gasteiger partial charge on any atom is 0.164 e. The van der Waals surface area contributed by atoms with Crippen LogP contribution in [0.4, 0.5) is 5.82 Å². The second-order valence-electron chi connectivity index (χ2n) is 7.01. The van der Waals surface area contributed by atoms with E-state index in [2.05, 4.69) is 9.88 Å². The van der Waals surface area contributed by atoms with Crippen LogP contribution in [0.5, 0.6) is 0 Å². The van der Waals surface area contributed by atoms with E-state index in [1.54, 1.807) is 23.7 Å². The molecule has 0 unspecified atom stereocenters. The van der Waals surface area contributed by atoms with Crippen LogP contribution in [0.15, 0.2) is 24.5 Å². The fourth-order valence-electron chi connectivity index (χ4n) is 3.71. The van der Waals surface area contributed by atoms with Gasteiger partial charge in [0.1, 0.15) is 10.6 Å². The van der Waals surface area contributed by atoms with Crippen LogP contribution in [0, 0.1) is 0 Å². The van der Waals surface area contributed by atoms with Crippen LogP contribution in [-0.2, 0) is 22.7 Å². The second kappa shape index (κ2) is 5.72. The minimum Gasteiger partial charge on any atom is -0.353 e. The standard InChI is InChI=1S/C18H18N4O2S2/c1-26(23,24)12-9-22(10-12)17-15-13-5-2-6-14(13)25-18(15)21-16(20-17)11-4-3-7-19-8-11/h3-4,7-8,12H,2,5-6,9-10H2,1H3. The highest BCUT2D eigenvalue weighted by Crippen LogP contribution is 2.42. The van der Waals surface area contributed by atoms with Gasteiger partial charge in [0, 0.05) is 42.2 Å². The molecule has 2 aliphatic rings. The summed E-state index contributed by atoms with van der Waals surface area (Å²) in [5, 5.41) is 0.822. The van der Waals surface area contributed by atoms with E-state index in [4.69, 9.17) is 9.97 Å². The quantitative estimate of drug-likeness (QED) is 0.688. The van der Waals surface area contributed by atoms with E-state index >= 15 is 0 Å². The van der Waals surface area contributed by atoms with E-state index in [1.807, 2.05) is 12.1 Å². The molecule has 3 aromatic rings. The largest absolute Gasteiger partial charge is 0.353 e. The molecule has 6 nitrogen and oxygen atoms in total. The Morgan fingerprint density at radius 2 is 2.08 bits per heavy atom. The number of fused-ring (bicyclic) bond motifs is 3. The van der Waals surface area contributed by atoms with Crippen molar-refractivity contribution in [1.82, 2.24) is 15.0 Å². The Balaban J connectivity index is 1.65. The van der Waals surface area contributed by atoms with Crippen molar-refractivity contribution in [3.8, 4) is 11.4 Å². The Bertz CT molecular complexity index is 1100. The smallest absolute Gasteiger partial charge is 0.164 e. The first kappa shape index (κ1) is 16.1. The number of hydrogen-bond donors (Lipinski definition) is 0. The number of aryl methyl sites for hydroxylation is 2. The van der Waals surface area contributed by atoms with Gasteiger partial charge in [0.25, 0.3) is 0 Å². The number of anilines is 1. The molecule has 0 spiro atoms. The first-order valence-electron chi connectivity index (χ1n) is 8.67. The Labute approximate surface area is 155 Å². The monoisotopic (exact) mass is 386 g/mol. The first-order valence-corrected chi connectivity index (χ1v) is 11.4. The average molecular weight is 387 g/mol. The van der Waals surface area contributed by atoms with Gasteiger partial charge in [-0.1, -0.05) is 0 Å². The van der Waals surface area contributed by atoms with Crippen molar-refractivity contribution in [2.24, 2.45) is 0 Å². The van der Waals surface area contributed by atoms with E-state index in [0.29, 0.717) is 18.9 Å². The van der Waals surface area contributed by atoms with Gasteiger partial charge in [0.15, 0.2) is 15.7 Å². The third kappa shape index (κ3) is 2.51. The lowest BCUT2D eigenvalue weighted by Gasteiger charge is -2.39. The molecule has 0 bridgehead atoms. The molecule has 0 radical (unpaired) electrons. The zero-order valence-corrected chi connectivity index (χ0v) is 16.0. The maximum atomic E-state index is 11.8. The predicted octanol–water partition coefficient (Wildman–Crippen LogP) is 2.48. The van der Waals surface area contributed by atoms with Crippen molar-refractivity contribution >= 4 is 37.2 Å². The summed E-state index contributed by atoms with van der Waals surface area (Å²) in [5.41, 5.74) is 2.24. The third-order valence-corrected chi connectivity index (χ3v) is 7.91. The Morgan fingerprint density at radius 1 is 1.23 bits per heavy atom. The maximum absolute atomic E-state index is 11.8. The summed E-state index contributed by atoms with van der Waals surface area (Å²) in [6.45, 7) is 1.00. The van der Waals surface area contributed by atoms with Gasteiger partial charge in [0.2, 0.25) is 0 Å². The lowest BCUT2D eigenvalue weighted by atomic mass is 10.1. The fourth-order valence-corrected chi connectivity index (χ4v) is 5.87. The number of thiophene rings is 1. The van der Waals surface area contributed by atoms with Crippen LogP contribution in [0.1, 0.15) is 16.9 Å². The number of rotatable bonds is 3. The van der Waals surface area contributed by atoms with Gasteiger partial charge >= 0.3 is 0 Å². The lowest BCUT2D eigenvalue weighted by Crippen LogP contribution is -2.55. The second-order valence-corrected chi connectivity index (χ2v) is 10.4. The highest BCUT2D eigenvalue weighted by atomic mass is 32.2. The average Bonchev–Trinajstić information content (AvgIpc) is 3.13. The molecule has 0 aromatic carbocycles. The van der Waals surface area contributed by atoms with Gasteiger partial charge in [-0.25, -0.2) is 18.4 Å². The van der Waals surface area contributed by atoms with Gasteiger partial charge < -0.3 is 4.90 Å². The van der Waals surface area contributed by atoms with E-state index in [9.17, 15) is 8.42 Å². The zero-order valence-electron chi connectivity index (χ0n) is 14.3. The van der Waals surface area contributed by atoms with Crippen LogP contribution in [0.3, 0.4) is 0 Å². The molecule has 134 valence electrons. The Morgan fingerprint density at radius 3 is 2.81 bits per heavy atom. The molecule has 5 rings (SSSR count). The molecule has 0 saturated carbocycles. The normalized spacial score (nSPS) is 17.5. The summed E-state index contributed by atoms with van der Waals surface area (Å²) in [5.74, 6) is 1.54. The fraction of sp³-hybridized carbons (Fsp3) is 0.389. The van der Waals surface area contributed by atoms with Crippen LogP contribution in [-0.4, -0.2) is 48.0 Å². The summed E-state index contributed by atoms with van der Waals surface area (Å²) >= 11 is 1.75. The van der Waals surface area contributed by atoms with E-state index in [0.717, 1.165) is 34.4 Å². The highest BCUT2D eigenvalue weighted by molar-refractivity contribution is 7.91. The van der Waals surface area contributed by atoms with Crippen molar-refractivity contribution in [2.75, 3.05) is 24.2 Å². The topological polar surface area (TPSA) is 76.1 Å². The van der Waals surface area contributed by atoms with Crippen molar-refractivity contribution in [3.05, 3.63) is 35.0 Å². The molecule has 0 amide bonds. The molecule has 8 heteroatoms. The van der Waals surface area contributed by atoms with Crippen molar-refractivity contribution < 1.29 is 8.42 Å². The molecule has 1 aliphatic carbocycles. The van der Waals surface area contributed by atoms with Crippen LogP contribution < -0.4 is 4.90 Å². The summed E-state index contributed by atoms with van der Waals surface area (Å²) < 4.78 is 23.6. The summed E-state index contributed by atoms with van der Waals surface area (Å²) in [6.07, 6.45) is 8.14. The molecule has 4 heterocycles. The molecular formula is C18H18N4O2S2. The van der Waals surface area contributed by atoms with Gasteiger partial charge in [-0.15, -0.1) is 11.3 Å². The molecule has 1 aliphatic heterocycles. The van der Waals surface area contributed by atoms with Crippen LogP contribution in [0.25, 0.3) is 21.6 Å². The number of pyridine rings is 1. The molecule has 0 N–H and O–H groups in total. The number of aromatic nitrogens is 3. The number of sulfone groups is 1. The number of nitrogens with zero attached hydrogens (tertiary/aromatic N) is 4. The molecule has 1 saturated heterocycles. The summed E-state index contributed by atoms with van der Waals surface area (Å²) in [7, 11) is -3.01. The summed E-state index contributed by atoms with van der Waals surface area (Å²) in [4.78, 5) is 18.3. The predicted molar refractivity (Wildman–Crippen MR) is 104 cm³/mol. The molecule has 26 heavy (non-hydrogen) atoms. The van der Waals surface area contributed by atoms with E-state index < -0.39 is 9.84 Å². The van der Waals surface area contributed by atoms with Gasteiger partial charge in [-0.3, -0.25) is 4.98 Å². The summed E-state index contributed by atoms with van der Waals surface area (Å²) in [6, 6.07) is 3.83. The zero-order chi connectivity index (χ0) is 17.9. The Kier molecular flexibility index (Phi) is 3.55. The first-order chi connectivity index (χ1) is 12.5. The molecule has 1 fully saturated rings. The van der Waals surface area contributed by atoms with Crippen molar-refractivity contribution in [1.29, 1.82) is 0 Å². The SMILES string of the molecule is CS(=O)(=O)C1CN(c2nc(-c3cccnc3)nc3sc4c(c23)CCC4)C1. The molecule has 3 aromatic heterocycles. The van der Waals surface area contributed by atoms with E-state index in [1.165, 1.54) is 23.1 Å². The lowest BCUT2D eigenvalue weighted by molar-refractivity contribution is 0.545. The van der Waals surface area contributed by atoms with Crippen LogP contribution in [0.2, 0.25) is 0 Å². The highest BCUT2D eigenvalue weighted by Gasteiger charge is 2.37. The molecule has 0 atom stereocenters. The van der Waals surface area contributed by atoms with Gasteiger partial charge in [-0.05, 0) is 37.0 Å². The molecular weight excluding hydrogens is 368 g/mol.